The average Bonchev–Trinajstić information content (AvgIpc) is 2.16. The van der Waals surface area contributed by atoms with E-state index in [2.05, 4.69) is 9.97 Å². The lowest BCUT2D eigenvalue weighted by atomic mass is 10.1. The van der Waals surface area contributed by atoms with Gasteiger partial charge >= 0.3 is 5.69 Å². The molecular weight excluding hydrogens is 190 g/mol. The van der Waals surface area contributed by atoms with E-state index in [-0.39, 0.29) is 5.69 Å². The van der Waals surface area contributed by atoms with Gasteiger partial charge in [-0.15, -0.1) is 0 Å². The van der Waals surface area contributed by atoms with E-state index in [4.69, 9.17) is 5.73 Å². The molecule has 76 valence electrons. The maximum absolute atomic E-state index is 11.2. The molecule has 0 aliphatic carbocycles. The lowest BCUT2D eigenvalue weighted by Gasteiger charge is -2.02. The summed E-state index contributed by atoms with van der Waals surface area (Å²) >= 11 is 0. The van der Waals surface area contributed by atoms with Gasteiger partial charge in [0.05, 0.1) is 5.69 Å². The Balaban J connectivity index is 2.59. The van der Waals surface area contributed by atoms with Crippen molar-refractivity contribution >= 4 is 5.69 Å². The van der Waals surface area contributed by atoms with Gasteiger partial charge in [0, 0.05) is 16.9 Å². The molecule has 0 aliphatic rings. The Morgan fingerprint density at radius 2 is 2.13 bits per heavy atom. The van der Waals surface area contributed by atoms with Crippen molar-refractivity contribution < 1.29 is 0 Å². The van der Waals surface area contributed by atoms with Crippen molar-refractivity contribution in [2.45, 2.75) is 6.92 Å². The van der Waals surface area contributed by atoms with Crippen molar-refractivity contribution in [3.8, 4) is 11.3 Å². The van der Waals surface area contributed by atoms with Crippen LogP contribution in [-0.4, -0.2) is 9.97 Å². The molecule has 0 saturated carbocycles. The highest BCUT2D eigenvalue weighted by Crippen LogP contribution is 2.18. The highest BCUT2D eigenvalue weighted by atomic mass is 16.1. The maximum Gasteiger partial charge on any atom is 0.345 e. The number of hydrogen-bond acceptors (Lipinski definition) is 3. The van der Waals surface area contributed by atoms with Crippen molar-refractivity contribution in [2.75, 3.05) is 5.73 Å². The Kier molecular flexibility index (Phi) is 2.25. The minimum Gasteiger partial charge on any atom is -0.399 e. The number of nitrogens with one attached hydrogen (secondary N) is 1. The number of nitrogens with zero attached hydrogens (tertiary/aromatic N) is 1. The van der Waals surface area contributed by atoms with Gasteiger partial charge in [-0.2, -0.15) is 4.98 Å². The molecule has 0 atom stereocenters. The fourth-order valence-corrected chi connectivity index (χ4v) is 1.43. The van der Waals surface area contributed by atoms with Crippen LogP contribution in [0, 0.1) is 6.92 Å². The van der Waals surface area contributed by atoms with Crippen LogP contribution in [0.1, 0.15) is 5.69 Å². The molecule has 3 N–H and O–H groups in total. The molecule has 0 spiro atoms. The summed E-state index contributed by atoms with van der Waals surface area (Å²) in [6, 6.07) is 9.11. The van der Waals surface area contributed by atoms with Crippen LogP contribution in [-0.2, 0) is 0 Å². The third-order valence-electron chi connectivity index (χ3n) is 2.06. The molecule has 2 aromatic rings. The van der Waals surface area contributed by atoms with Crippen LogP contribution in [0.25, 0.3) is 11.3 Å². The molecule has 4 heteroatoms. The fourth-order valence-electron chi connectivity index (χ4n) is 1.43. The normalized spacial score (nSPS) is 10.2. The van der Waals surface area contributed by atoms with Crippen LogP contribution in [0.4, 0.5) is 5.69 Å². The molecule has 0 unspecified atom stereocenters. The zero-order chi connectivity index (χ0) is 10.8. The topological polar surface area (TPSA) is 71.8 Å². The summed E-state index contributed by atoms with van der Waals surface area (Å²) in [4.78, 5) is 17.6. The number of aromatic amines is 1. The number of anilines is 1. The predicted molar refractivity (Wildman–Crippen MR) is 59.4 cm³/mol. The van der Waals surface area contributed by atoms with Gasteiger partial charge in [-0.3, -0.25) is 0 Å². The van der Waals surface area contributed by atoms with E-state index in [0.717, 1.165) is 11.3 Å². The van der Waals surface area contributed by atoms with Crippen molar-refractivity contribution in [1.82, 2.24) is 9.97 Å². The third kappa shape index (κ3) is 2.04. The van der Waals surface area contributed by atoms with Crippen molar-refractivity contribution in [3.63, 3.8) is 0 Å². The number of benzene rings is 1. The van der Waals surface area contributed by atoms with Crippen LogP contribution < -0.4 is 11.4 Å². The molecule has 0 saturated heterocycles. The van der Waals surface area contributed by atoms with Gasteiger partial charge in [0.25, 0.3) is 0 Å². The standard InChI is InChI=1S/C11H11N3O/c1-7-5-10(14-11(15)13-7)8-3-2-4-9(12)6-8/h2-6H,12H2,1H3,(H,13,14,15). The van der Waals surface area contributed by atoms with Crippen LogP contribution in [0.3, 0.4) is 0 Å². The number of rotatable bonds is 1. The molecule has 1 aromatic carbocycles. The molecule has 0 bridgehead atoms. The molecule has 0 radical (unpaired) electrons. The van der Waals surface area contributed by atoms with Gasteiger partial charge in [0.2, 0.25) is 0 Å². The second-order valence-electron chi connectivity index (χ2n) is 3.38. The number of hydrogen-bond donors (Lipinski definition) is 2. The zero-order valence-corrected chi connectivity index (χ0v) is 8.32. The quantitative estimate of drug-likeness (QED) is 0.683. The van der Waals surface area contributed by atoms with E-state index in [9.17, 15) is 4.79 Å². The summed E-state index contributed by atoms with van der Waals surface area (Å²) in [6.45, 7) is 1.82. The molecule has 1 aromatic heterocycles. The van der Waals surface area contributed by atoms with Crippen LogP contribution in [0.5, 0.6) is 0 Å². The van der Waals surface area contributed by atoms with Gasteiger partial charge in [-0.1, -0.05) is 12.1 Å². The SMILES string of the molecule is Cc1cc(-c2cccc(N)c2)nc(=O)[nH]1. The van der Waals surface area contributed by atoms with Gasteiger partial charge < -0.3 is 10.7 Å². The first-order valence-corrected chi connectivity index (χ1v) is 4.59. The van der Waals surface area contributed by atoms with E-state index >= 15 is 0 Å². The molecule has 0 amide bonds. The first-order chi connectivity index (χ1) is 7.15. The molecular formula is C11H11N3O. The average molecular weight is 201 g/mol. The van der Waals surface area contributed by atoms with Crippen LogP contribution in [0.2, 0.25) is 0 Å². The first kappa shape index (κ1) is 9.45. The fraction of sp³-hybridized carbons (Fsp3) is 0.0909. The van der Waals surface area contributed by atoms with Gasteiger partial charge in [0.1, 0.15) is 0 Å². The van der Waals surface area contributed by atoms with Gasteiger partial charge in [0.15, 0.2) is 0 Å². The molecule has 4 nitrogen and oxygen atoms in total. The molecule has 2 rings (SSSR count). The second kappa shape index (κ2) is 3.57. The Bertz CT molecular complexity index is 546. The first-order valence-electron chi connectivity index (χ1n) is 4.59. The summed E-state index contributed by atoms with van der Waals surface area (Å²) < 4.78 is 0. The number of aromatic nitrogens is 2. The summed E-state index contributed by atoms with van der Waals surface area (Å²) in [5, 5.41) is 0. The smallest absolute Gasteiger partial charge is 0.345 e. The number of aryl methyl sites for hydroxylation is 1. The second-order valence-corrected chi connectivity index (χ2v) is 3.38. The Hall–Kier alpha value is -2.10. The van der Waals surface area contributed by atoms with E-state index < -0.39 is 0 Å². The van der Waals surface area contributed by atoms with Crippen LogP contribution >= 0.6 is 0 Å². The Morgan fingerprint density at radius 3 is 2.80 bits per heavy atom. The minimum absolute atomic E-state index is 0.340. The number of H-pyrrole nitrogens is 1. The summed E-state index contributed by atoms with van der Waals surface area (Å²) in [5.74, 6) is 0. The van der Waals surface area contributed by atoms with Crippen molar-refractivity contribution in [3.05, 3.63) is 46.5 Å². The number of nitrogen functional groups attached to an aromatic ring is 1. The molecule has 0 aliphatic heterocycles. The van der Waals surface area contributed by atoms with E-state index in [1.54, 1.807) is 12.1 Å². The monoisotopic (exact) mass is 201 g/mol. The Morgan fingerprint density at radius 1 is 1.33 bits per heavy atom. The van der Waals surface area contributed by atoms with Gasteiger partial charge in [-0.25, -0.2) is 4.79 Å². The van der Waals surface area contributed by atoms with Crippen molar-refractivity contribution in [1.29, 1.82) is 0 Å². The third-order valence-corrected chi connectivity index (χ3v) is 2.06. The van der Waals surface area contributed by atoms with E-state index in [1.165, 1.54) is 0 Å². The zero-order valence-electron chi connectivity index (χ0n) is 8.32. The lowest BCUT2D eigenvalue weighted by Crippen LogP contribution is -2.11. The summed E-state index contributed by atoms with van der Waals surface area (Å²) in [5.41, 5.74) is 8.26. The molecule has 0 fully saturated rings. The number of nitrogens with two attached hydrogens (primary N) is 1. The molecule has 15 heavy (non-hydrogen) atoms. The predicted octanol–water partition coefficient (Wildman–Crippen LogP) is 1.33. The highest BCUT2D eigenvalue weighted by Gasteiger charge is 2.01. The van der Waals surface area contributed by atoms with Crippen molar-refractivity contribution in [2.24, 2.45) is 0 Å². The van der Waals surface area contributed by atoms with E-state index in [0.29, 0.717) is 11.4 Å². The van der Waals surface area contributed by atoms with Gasteiger partial charge in [-0.05, 0) is 25.1 Å². The maximum atomic E-state index is 11.2. The Labute approximate surface area is 86.8 Å². The largest absolute Gasteiger partial charge is 0.399 e. The lowest BCUT2D eigenvalue weighted by molar-refractivity contribution is 1.03. The van der Waals surface area contributed by atoms with E-state index in [1.807, 2.05) is 25.1 Å². The highest BCUT2D eigenvalue weighted by molar-refractivity contribution is 5.63. The molecule has 1 heterocycles. The summed E-state index contributed by atoms with van der Waals surface area (Å²) in [7, 11) is 0. The summed E-state index contributed by atoms with van der Waals surface area (Å²) in [6.07, 6.45) is 0. The minimum atomic E-state index is -0.340. The van der Waals surface area contributed by atoms with Crippen LogP contribution in [0.15, 0.2) is 35.1 Å².